The van der Waals surface area contributed by atoms with Gasteiger partial charge in [-0.2, -0.15) is 0 Å². The van der Waals surface area contributed by atoms with Crippen molar-refractivity contribution < 1.29 is 23.1 Å². The SMILES string of the molecule is O=C(O)C1=CN2C(=O)C[C@H]2S(=O)(=O)C1. The van der Waals surface area contributed by atoms with E-state index in [1.165, 1.54) is 0 Å². The highest BCUT2D eigenvalue weighted by Gasteiger charge is 2.48. The van der Waals surface area contributed by atoms with Crippen molar-refractivity contribution in [1.29, 1.82) is 0 Å². The number of carboxylic acid groups (broad SMARTS) is 1. The van der Waals surface area contributed by atoms with E-state index in [0.29, 0.717) is 0 Å². The van der Waals surface area contributed by atoms with Gasteiger partial charge in [-0.05, 0) is 0 Å². The first kappa shape index (κ1) is 9.20. The van der Waals surface area contributed by atoms with Crippen LogP contribution in [0.3, 0.4) is 0 Å². The molecule has 1 fully saturated rings. The minimum absolute atomic E-state index is 0.0360. The summed E-state index contributed by atoms with van der Waals surface area (Å²) in [4.78, 5) is 22.5. The highest BCUT2D eigenvalue weighted by Crippen LogP contribution is 2.31. The van der Waals surface area contributed by atoms with Gasteiger partial charge in [-0.25, -0.2) is 13.2 Å². The third-order valence-electron chi connectivity index (χ3n) is 2.29. The first-order valence-electron chi connectivity index (χ1n) is 3.88. The summed E-state index contributed by atoms with van der Waals surface area (Å²) in [6.45, 7) is 0. The quantitative estimate of drug-likeness (QED) is 0.565. The molecule has 1 amide bonds. The van der Waals surface area contributed by atoms with Crippen LogP contribution in [0.1, 0.15) is 6.42 Å². The van der Waals surface area contributed by atoms with E-state index >= 15 is 0 Å². The van der Waals surface area contributed by atoms with Crippen molar-refractivity contribution in [2.75, 3.05) is 5.75 Å². The summed E-state index contributed by atoms with van der Waals surface area (Å²) < 4.78 is 22.8. The molecule has 0 bridgehead atoms. The van der Waals surface area contributed by atoms with Crippen LogP contribution in [0.2, 0.25) is 0 Å². The van der Waals surface area contributed by atoms with Gasteiger partial charge in [-0.15, -0.1) is 0 Å². The minimum Gasteiger partial charge on any atom is -0.478 e. The van der Waals surface area contributed by atoms with Crippen molar-refractivity contribution in [3.63, 3.8) is 0 Å². The van der Waals surface area contributed by atoms with E-state index in [4.69, 9.17) is 5.11 Å². The fourth-order valence-electron chi connectivity index (χ4n) is 1.49. The van der Waals surface area contributed by atoms with Crippen molar-refractivity contribution in [3.8, 4) is 0 Å². The maximum absolute atomic E-state index is 11.4. The summed E-state index contributed by atoms with van der Waals surface area (Å²) >= 11 is 0. The van der Waals surface area contributed by atoms with E-state index in [-0.39, 0.29) is 17.9 Å². The number of amides is 1. The number of aliphatic carboxylic acids is 1. The van der Waals surface area contributed by atoms with E-state index in [0.717, 1.165) is 11.1 Å². The Morgan fingerprint density at radius 3 is 2.71 bits per heavy atom. The van der Waals surface area contributed by atoms with Gasteiger partial charge >= 0.3 is 5.97 Å². The van der Waals surface area contributed by atoms with Crippen molar-refractivity contribution in [2.24, 2.45) is 0 Å². The molecule has 1 saturated heterocycles. The zero-order chi connectivity index (χ0) is 10.5. The van der Waals surface area contributed by atoms with Crippen molar-refractivity contribution in [2.45, 2.75) is 11.8 Å². The number of hydrogen-bond donors (Lipinski definition) is 1. The molecule has 2 rings (SSSR count). The molecule has 0 saturated carbocycles. The van der Waals surface area contributed by atoms with Crippen LogP contribution in [0.15, 0.2) is 11.8 Å². The van der Waals surface area contributed by atoms with Crippen LogP contribution in [-0.4, -0.2) is 41.4 Å². The summed E-state index contributed by atoms with van der Waals surface area (Å²) in [7, 11) is -3.49. The maximum atomic E-state index is 11.4. The Bertz CT molecular complexity index is 449. The molecular formula is C7H7NO5S. The summed E-state index contributed by atoms with van der Waals surface area (Å²) in [6.07, 6.45) is 1.08. The summed E-state index contributed by atoms with van der Waals surface area (Å²) in [5.74, 6) is -2.14. The molecule has 6 nitrogen and oxygen atoms in total. The number of carbonyl (C=O) groups excluding carboxylic acids is 1. The Kier molecular flexibility index (Phi) is 1.69. The molecule has 0 radical (unpaired) electrons. The second-order valence-corrected chi connectivity index (χ2v) is 5.39. The third-order valence-corrected chi connectivity index (χ3v) is 4.22. The van der Waals surface area contributed by atoms with Gasteiger partial charge in [-0.3, -0.25) is 4.79 Å². The fraction of sp³-hybridized carbons (Fsp3) is 0.429. The number of nitrogens with zero attached hydrogens (tertiary/aromatic N) is 1. The molecule has 2 aliphatic rings. The maximum Gasteiger partial charge on any atom is 0.334 e. The molecule has 0 aromatic rings. The molecule has 0 aromatic heterocycles. The van der Waals surface area contributed by atoms with E-state index in [1.54, 1.807) is 0 Å². The van der Waals surface area contributed by atoms with Gasteiger partial charge in [0.05, 0.1) is 17.7 Å². The Morgan fingerprint density at radius 1 is 1.57 bits per heavy atom. The lowest BCUT2D eigenvalue weighted by atomic mass is 10.2. The standard InChI is InChI=1S/C7H7NO5S/c9-5-1-6-8(5)2-4(7(10)11)3-14(6,12)13/h2,6H,1,3H2,(H,10,11)/t6-/m1/s1. The Labute approximate surface area is 79.7 Å². The fourth-order valence-corrected chi connectivity index (χ4v) is 3.24. The molecule has 0 spiro atoms. The van der Waals surface area contributed by atoms with Crippen LogP contribution in [0.25, 0.3) is 0 Å². The molecule has 14 heavy (non-hydrogen) atoms. The first-order valence-corrected chi connectivity index (χ1v) is 5.60. The van der Waals surface area contributed by atoms with Crippen LogP contribution in [0.4, 0.5) is 0 Å². The van der Waals surface area contributed by atoms with Gasteiger partial charge in [-0.1, -0.05) is 0 Å². The monoisotopic (exact) mass is 217 g/mol. The van der Waals surface area contributed by atoms with Crippen molar-refractivity contribution >= 4 is 21.7 Å². The number of carbonyl (C=O) groups is 2. The van der Waals surface area contributed by atoms with Gasteiger partial charge in [0.15, 0.2) is 9.84 Å². The second-order valence-electron chi connectivity index (χ2n) is 3.23. The van der Waals surface area contributed by atoms with Gasteiger partial charge in [0.2, 0.25) is 5.91 Å². The topological polar surface area (TPSA) is 91.8 Å². The summed E-state index contributed by atoms with van der Waals surface area (Å²) in [5, 5.41) is 7.78. The summed E-state index contributed by atoms with van der Waals surface area (Å²) in [5.41, 5.74) is -0.255. The van der Waals surface area contributed by atoms with E-state index < -0.39 is 26.9 Å². The van der Waals surface area contributed by atoms with Crippen molar-refractivity contribution in [3.05, 3.63) is 11.8 Å². The van der Waals surface area contributed by atoms with Gasteiger partial charge in [0, 0.05) is 6.20 Å². The summed E-state index contributed by atoms with van der Waals surface area (Å²) in [6, 6.07) is 0. The molecule has 0 aliphatic carbocycles. The second kappa shape index (κ2) is 2.57. The first-order chi connectivity index (χ1) is 6.42. The number of fused-ring (bicyclic) bond motifs is 1. The Balaban J connectivity index is 2.43. The average molecular weight is 217 g/mol. The Hall–Kier alpha value is -1.37. The molecule has 76 valence electrons. The van der Waals surface area contributed by atoms with Gasteiger partial charge in [0.25, 0.3) is 0 Å². The minimum atomic E-state index is -3.49. The number of hydrogen-bond acceptors (Lipinski definition) is 4. The van der Waals surface area contributed by atoms with Crippen molar-refractivity contribution in [1.82, 2.24) is 4.90 Å². The normalized spacial score (nSPS) is 28.9. The largest absolute Gasteiger partial charge is 0.478 e. The van der Waals surface area contributed by atoms with Crippen LogP contribution >= 0.6 is 0 Å². The number of carboxylic acids is 1. The molecule has 1 atom stereocenters. The average Bonchev–Trinajstić information content (AvgIpc) is 2.05. The lowest BCUT2D eigenvalue weighted by Crippen LogP contribution is -2.56. The number of β-lactam (4-membered cyclic amide) rings is 1. The van der Waals surface area contributed by atoms with Crippen LogP contribution < -0.4 is 0 Å². The smallest absolute Gasteiger partial charge is 0.334 e. The zero-order valence-corrected chi connectivity index (χ0v) is 7.82. The lowest BCUT2D eigenvalue weighted by Gasteiger charge is -2.40. The van der Waals surface area contributed by atoms with Crippen LogP contribution in [-0.2, 0) is 19.4 Å². The molecular weight excluding hydrogens is 210 g/mol. The van der Waals surface area contributed by atoms with Crippen LogP contribution in [0, 0.1) is 0 Å². The van der Waals surface area contributed by atoms with Gasteiger partial charge < -0.3 is 10.0 Å². The number of sulfone groups is 1. The van der Waals surface area contributed by atoms with E-state index in [2.05, 4.69) is 0 Å². The molecule has 0 unspecified atom stereocenters. The highest BCUT2D eigenvalue weighted by atomic mass is 32.2. The third kappa shape index (κ3) is 1.12. The molecule has 2 aliphatic heterocycles. The van der Waals surface area contributed by atoms with E-state index in [1.807, 2.05) is 0 Å². The Morgan fingerprint density at radius 2 is 2.21 bits per heavy atom. The predicted molar refractivity (Wildman–Crippen MR) is 44.8 cm³/mol. The molecule has 2 heterocycles. The molecule has 7 heteroatoms. The molecule has 0 aromatic carbocycles. The lowest BCUT2D eigenvalue weighted by molar-refractivity contribution is -0.138. The number of rotatable bonds is 1. The predicted octanol–water partition coefficient (Wildman–Crippen LogP) is -1.06. The highest BCUT2D eigenvalue weighted by molar-refractivity contribution is 7.92. The molecule has 1 N–H and O–H groups in total. The zero-order valence-electron chi connectivity index (χ0n) is 7.00. The van der Waals surface area contributed by atoms with E-state index in [9.17, 15) is 18.0 Å². The van der Waals surface area contributed by atoms with Crippen LogP contribution in [0.5, 0.6) is 0 Å². The van der Waals surface area contributed by atoms with Gasteiger partial charge in [0.1, 0.15) is 5.37 Å².